The molecule has 0 aliphatic heterocycles. The number of aromatic nitrogens is 2. The number of nitrogens with two attached hydrogens (primary N) is 2. The van der Waals surface area contributed by atoms with E-state index in [9.17, 15) is 10.4 Å². The Bertz CT molecular complexity index is 833. The SMILES string of the molecule is N#Cc1c(N)nc(-c2cc(Cl)ccc2O)nc1C1CCCCC(N)C1. The fourth-order valence-corrected chi connectivity index (χ4v) is 3.53. The van der Waals surface area contributed by atoms with Gasteiger partial charge < -0.3 is 16.6 Å². The number of nitrogens with zero attached hydrogens (tertiary/aromatic N) is 3. The predicted octanol–water partition coefficient (Wildman–Crippen LogP) is 3.33. The maximum atomic E-state index is 10.1. The monoisotopic (exact) mass is 357 g/mol. The lowest BCUT2D eigenvalue weighted by atomic mass is 9.91. The molecule has 1 aliphatic carbocycles. The van der Waals surface area contributed by atoms with Crippen molar-refractivity contribution in [3.8, 4) is 23.2 Å². The van der Waals surface area contributed by atoms with Gasteiger partial charge in [-0.25, -0.2) is 9.97 Å². The van der Waals surface area contributed by atoms with E-state index >= 15 is 0 Å². The number of benzene rings is 1. The van der Waals surface area contributed by atoms with E-state index in [0.717, 1.165) is 32.1 Å². The molecule has 0 bridgehead atoms. The van der Waals surface area contributed by atoms with E-state index in [2.05, 4.69) is 16.0 Å². The van der Waals surface area contributed by atoms with Crippen LogP contribution in [0.4, 0.5) is 5.82 Å². The van der Waals surface area contributed by atoms with E-state index in [1.54, 1.807) is 12.1 Å². The maximum Gasteiger partial charge on any atom is 0.165 e. The molecule has 2 unspecified atom stereocenters. The Labute approximate surface area is 151 Å². The van der Waals surface area contributed by atoms with Gasteiger partial charge in [-0.05, 0) is 37.5 Å². The van der Waals surface area contributed by atoms with Gasteiger partial charge in [0.2, 0.25) is 0 Å². The molecule has 1 aliphatic rings. The number of aromatic hydroxyl groups is 1. The van der Waals surface area contributed by atoms with Crippen molar-refractivity contribution in [1.29, 1.82) is 5.26 Å². The van der Waals surface area contributed by atoms with E-state index in [4.69, 9.17) is 23.1 Å². The Balaban J connectivity index is 2.13. The average Bonchev–Trinajstić information content (AvgIpc) is 2.80. The van der Waals surface area contributed by atoms with Gasteiger partial charge in [-0.15, -0.1) is 0 Å². The zero-order valence-corrected chi connectivity index (χ0v) is 14.5. The molecule has 1 heterocycles. The molecule has 0 amide bonds. The van der Waals surface area contributed by atoms with Crippen LogP contribution in [0.1, 0.15) is 49.3 Å². The van der Waals surface area contributed by atoms with Crippen LogP contribution in [0.25, 0.3) is 11.4 Å². The number of halogens is 1. The van der Waals surface area contributed by atoms with Gasteiger partial charge in [-0.2, -0.15) is 5.26 Å². The highest BCUT2D eigenvalue weighted by Gasteiger charge is 2.26. The second kappa shape index (κ2) is 7.26. The molecule has 1 aromatic heterocycles. The molecule has 5 N–H and O–H groups in total. The maximum absolute atomic E-state index is 10.1. The summed E-state index contributed by atoms with van der Waals surface area (Å²) < 4.78 is 0. The van der Waals surface area contributed by atoms with Crippen molar-refractivity contribution >= 4 is 17.4 Å². The molecule has 130 valence electrons. The number of nitrogen functional groups attached to an aromatic ring is 1. The molecule has 2 aromatic rings. The molecular formula is C18H20ClN5O. The molecule has 7 heteroatoms. The minimum absolute atomic E-state index is 0.0111. The van der Waals surface area contributed by atoms with E-state index in [1.807, 2.05) is 0 Å². The fraction of sp³-hybridized carbons (Fsp3) is 0.389. The molecule has 2 atom stereocenters. The molecule has 0 saturated heterocycles. The summed E-state index contributed by atoms with van der Waals surface area (Å²) in [5.74, 6) is 0.443. The van der Waals surface area contributed by atoms with Gasteiger partial charge in [0.15, 0.2) is 5.82 Å². The number of anilines is 1. The van der Waals surface area contributed by atoms with Crippen LogP contribution in [-0.2, 0) is 0 Å². The Morgan fingerprint density at radius 3 is 2.76 bits per heavy atom. The zero-order valence-electron chi connectivity index (χ0n) is 13.7. The number of hydrogen-bond donors (Lipinski definition) is 3. The second-order valence-corrected chi connectivity index (χ2v) is 6.88. The van der Waals surface area contributed by atoms with Gasteiger partial charge in [0, 0.05) is 17.0 Å². The quantitative estimate of drug-likeness (QED) is 0.708. The van der Waals surface area contributed by atoms with E-state index < -0.39 is 0 Å². The van der Waals surface area contributed by atoms with Gasteiger partial charge in [-0.1, -0.05) is 24.4 Å². The highest BCUT2D eigenvalue weighted by molar-refractivity contribution is 6.30. The molecule has 6 nitrogen and oxygen atoms in total. The van der Waals surface area contributed by atoms with Crippen LogP contribution in [0.5, 0.6) is 5.75 Å². The minimum atomic E-state index is 0.0111. The number of rotatable bonds is 2. The molecule has 1 saturated carbocycles. The lowest BCUT2D eigenvalue weighted by molar-refractivity contribution is 0.476. The summed E-state index contributed by atoms with van der Waals surface area (Å²) in [5.41, 5.74) is 13.5. The van der Waals surface area contributed by atoms with Gasteiger partial charge >= 0.3 is 0 Å². The van der Waals surface area contributed by atoms with Crippen LogP contribution in [0.15, 0.2) is 18.2 Å². The summed E-state index contributed by atoms with van der Waals surface area (Å²) >= 11 is 6.03. The van der Waals surface area contributed by atoms with Crippen molar-refractivity contribution < 1.29 is 5.11 Å². The van der Waals surface area contributed by atoms with Gasteiger partial charge in [-0.3, -0.25) is 0 Å². The Hall–Kier alpha value is -2.36. The van der Waals surface area contributed by atoms with E-state index in [1.165, 1.54) is 6.07 Å². The largest absolute Gasteiger partial charge is 0.507 e. The van der Waals surface area contributed by atoms with Gasteiger partial charge in [0.1, 0.15) is 23.2 Å². The van der Waals surface area contributed by atoms with Crippen LogP contribution < -0.4 is 11.5 Å². The normalized spacial score (nSPS) is 20.7. The Kier molecular flexibility index (Phi) is 5.07. The molecule has 0 radical (unpaired) electrons. The zero-order chi connectivity index (χ0) is 18.0. The van der Waals surface area contributed by atoms with Gasteiger partial charge in [0.25, 0.3) is 0 Å². The highest BCUT2D eigenvalue weighted by Crippen LogP contribution is 2.36. The topological polar surface area (TPSA) is 122 Å². The van der Waals surface area contributed by atoms with Crippen LogP contribution >= 0.6 is 11.6 Å². The summed E-state index contributed by atoms with van der Waals surface area (Å²) in [6.07, 6.45) is 4.74. The average molecular weight is 358 g/mol. The van der Waals surface area contributed by atoms with Crippen LogP contribution in [0.2, 0.25) is 5.02 Å². The second-order valence-electron chi connectivity index (χ2n) is 6.44. The van der Waals surface area contributed by atoms with Crippen molar-refractivity contribution in [2.24, 2.45) is 5.73 Å². The van der Waals surface area contributed by atoms with Gasteiger partial charge in [0.05, 0.1) is 11.3 Å². The number of phenols is 1. The van der Waals surface area contributed by atoms with E-state index in [-0.39, 0.29) is 29.4 Å². The summed E-state index contributed by atoms with van der Waals surface area (Å²) in [4.78, 5) is 8.80. The Morgan fingerprint density at radius 2 is 2.00 bits per heavy atom. The fourth-order valence-electron chi connectivity index (χ4n) is 3.36. The third-order valence-corrected chi connectivity index (χ3v) is 4.86. The van der Waals surface area contributed by atoms with Crippen LogP contribution in [0.3, 0.4) is 0 Å². The number of hydrogen-bond acceptors (Lipinski definition) is 6. The van der Waals surface area contributed by atoms with Crippen molar-refractivity contribution in [3.63, 3.8) is 0 Å². The first-order valence-corrected chi connectivity index (χ1v) is 8.69. The lowest BCUT2D eigenvalue weighted by Crippen LogP contribution is -2.22. The summed E-state index contributed by atoms with van der Waals surface area (Å²) in [6, 6.07) is 6.85. The van der Waals surface area contributed by atoms with Crippen molar-refractivity contribution in [2.75, 3.05) is 5.73 Å². The molecular weight excluding hydrogens is 338 g/mol. The first-order chi connectivity index (χ1) is 12.0. The van der Waals surface area contributed by atoms with Crippen LogP contribution in [-0.4, -0.2) is 21.1 Å². The van der Waals surface area contributed by atoms with E-state index in [0.29, 0.717) is 21.8 Å². The smallest absolute Gasteiger partial charge is 0.165 e. The predicted molar refractivity (Wildman–Crippen MR) is 97.1 cm³/mol. The lowest BCUT2D eigenvalue weighted by Gasteiger charge is -2.19. The molecule has 3 rings (SSSR count). The summed E-state index contributed by atoms with van der Waals surface area (Å²) in [7, 11) is 0. The standard InChI is InChI=1S/C18H20ClN5O/c19-11-5-6-15(25)13(8-11)18-23-16(14(9-20)17(22)24-18)10-3-1-2-4-12(21)7-10/h5-6,8,10,12,25H,1-4,7,21H2,(H2,22,23,24). The minimum Gasteiger partial charge on any atom is -0.507 e. The summed E-state index contributed by atoms with van der Waals surface area (Å²) in [5, 5.41) is 20.1. The Morgan fingerprint density at radius 1 is 1.24 bits per heavy atom. The van der Waals surface area contributed by atoms with Crippen LogP contribution in [0, 0.1) is 11.3 Å². The first-order valence-electron chi connectivity index (χ1n) is 8.31. The molecule has 0 spiro atoms. The van der Waals surface area contributed by atoms with Crippen molar-refractivity contribution in [1.82, 2.24) is 9.97 Å². The van der Waals surface area contributed by atoms with Crippen molar-refractivity contribution in [3.05, 3.63) is 34.5 Å². The highest BCUT2D eigenvalue weighted by atomic mass is 35.5. The summed E-state index contributed by atoms with van der Waals surface area (Å²) in [6.45, 7) is 0. The molecule has 1 fully saturated rings. The number of nitriles is 1. The molecule has 1 aromatic carbocycles. The van der Waals surface area contributed by atoms with Crippen molar-refractivity contribution in [2.45, 2.75) is 44.1 Å². The third kappa shape index (κ3) is 3.68. The third-order valence-electron chi connectivity index (χ3n) is 4.63. The number of phenolic OH excluding ortho intramolecular Hbond substituents is 1. The first kappa shape index (κ1) is 17.5. The molecule has 25 heavy (non-hydrogen) atoms.